The third-order valence-electron chi connectivity index (χ3n) is 3.97. The first kappa shape index (κ1) is 10.6. The van der Waals surface area contributed by atoms with Gasteiger partial charge in [-0.15, -0.1) is 0 Å². The highest BCUT2D eigenvalue weighted by molar-refractivity contribution is 6.13. The first-order chi connectivity index (χ1) is 9.34. The van der Waals surface area contributed by atoms with Gasteiger partial charge in [-0.2, -0.15) is 0 Å². The van der Waals surface area contributed by atoms with E-state index in [4.69, 9.17) is 0 Å². The highest BCUT2D eigenvalue weighted by Crippen LogP contribution is 2.40. The SMILES string of the molecule is Cc1ccc2c3c(cccc13)C=C2c1ccccc1. The molecule has 90 valence electrons. The Labute approximate surface area is 113 Å². The quantitative estimate of drug-likeness (QED) is 0.438. The molecule has 0 aromatic heterocycles. The molecule has 19 heavy (non-hydrogen) atoms. The number of benzene rings is 3. The molecule has 0 radical (unpaired) electrons. The molecular weight excluding hydrogens is 228 g/mol. The van der Waals surface area contributed by atoms with Crippen LogP contribution in [0.5, 0.6) is 0 Å². The molecule has 0 atom stereocenters. The Bertz CT molecular complexity index is 808. The molecule has 0 heterocycles. The van der Waals surface area contributed by atoms with Crippen molar-refractivity contribution in [3.63, 3.8) is 0 Å². The molecule has 1 aliphatic rings. The number of rotatable bonds is 1. The van der Waals surface area contributed by atoms with Crippen LogP contribution in [0.15, 0.2) is 60.7 Å². The van der Waals surface area contributed by atoms with E-state index in [1.165, 1.54) is 38.6 Å². The van der Waals surface area contributed by atoms with Crippen LogP contribution in [-0.2, 0) is 0 Å². The van der Waals surface area contributed by atoms with Crippen molar-refractivity contribution in [2.45, 2.75) is 6.92 Å². The minimum absolute atomic E-state index is 1.30. The van der Waals surface area contributed by atoms with Crippen molar-refractivity contribution in [2.24, 2.45) is 0 Å². The Morgan fingerprint density at radius 3 is 2.42 bits per heavy atom. The molecule has 0 saturated heterocycles. The smallest absolute Gasteiger partial charge is 0.00297 e. The molecule has 0 N–H and O–H groups in total. The molecule has 3 aromatic rings. The minimum Gasteiger partial charge on any atom is -0.0622 e. The third-order valence-corrected chi connectivity index (χ3v) is 3.97. The highest BCUT2D eigenvalue weighted by Gasteiger charge is 2.17. The van der Waals surface area contributed by atoms with E-state index < -0.39 is 0 Å². The Morgan fingerprint density at radius 1 is 0.737 bits per heavy atom. The maximum atomic E-state index is 2.31. The summed E-state index contributed by atoms with van der Waals surface area (Å²) in [6.07, 6.45) is 2.31. The highest BCUT2D eigenvalue weighted by atomic mass is 14.2. The second kappa shape index (κ2) is 3.83. The van der Waals surface area contributed by atoms with Gasteiger partial charge in [0.25, 0.3) is 0 Å². The van der Waals surface area contributed by atoms with E-state index in [1.54, 1.807) is 0 Å². The Balaban J connectivity index is 2.05. The lowest BCUT2D eigenvalue weighted by molar-refractivity contribution is 1.51. The average Bonchev–Trinajstić information content (AvgIpc) is 2.84. The summed E-state index contributed by atoms with van der Waals surface area (Å²) in [4.78, 5) is 0. The summed E-state index contributed by atoms with van der Waals surface area (Å²) in [5, 5.41) is 2.78. The molecular formula is C19H14. The van der Waals surface area contributed by atoms with Crippen molar-refractivity contribution in [3.8, 4) is 0 Å². The fourth-order valence-electron chi connectivity index (χ4n) is 3.02. The van der Waals surface area contributed by atoms with Gasteiger partial charge in [-0.05, 0) is 51.6 Å². The summed E-state index contributed by atoms with van der Waals surface area (Å²) in [5.41, 5.74) is 6.69. The van der Waals surface area contributed by atoms with Crippen LogP contribution in [-0.4, -0.2) is 0 Å². The van der Waals surface area contributed by atoms with Crippen LogP contribution in [0.1, 0.15) is 22.3 Å². The van der Waals surface area contributed by atoms with Crippen LogP contribution < -0.4 is 0 Å². The van der Waals surface area contributed by atoms with E-state index in [1.807, 2.05) is 0 Å². The summed E-state index contributed by atoms with van der Waals surface area (Å²) in [7, 11) is 0. The standard InChI is InChI=1S/C19H14/c1-13-10-11-17-18(14-6-3-2-4-7-14)12-15-8-5-9-16(13)19(15)17/h2-12H,1H3. The monoisotopic (exact) mass is 242 g/mol. The molecule has 4 rings (SSSR count). The fourth-order valence-corrected chi connectivity index (χ4v) is 3.02. The van der Waals surface area contributed by atoms with Gasteiger partial charge in [-0.3, -0.25) is 0 Å². The molecule has 0 saturated carbocycles. The van der Waals surface area contributed by atoms with Crippen LogP contribution in [0, 0.1) is 6.92 Å². The molecule has 1 aliphatic carbocycles. The predicted molar refractivity (Wildman–Crippen MR) is 82.1 cm³/mol. The first-order valence-corrected chi connectivity index (χ1v) is 6.64. The lowest BCUT2D eigenvalue weighted by Gasteiger charge is -2.08. The predicted octanol–water partition coefficient (Wildman–Crippen LogP) is 5.05. The summed E-state index contributed by atoms with van der Waals surface area (Å²) in [6.45, 7) is 2.18. The lowest BCUT2D eigenvalue weighted by Crippen LogP contribution is -1.86. The normalized spacial score (nSPS) is 12.8. The Kier molecular flexibility index (Phi) is 2.13. The van der Waals surface area contributed by atoms with Crippen molar-refractivity contribution in [1.82, 2.24) is 0 Å². The van der Waals surface area contributed by atoms with Gasteiger partial charge in [-0.1, -0.05) is 60.7 Å². The van der Waals surface area contributed by atoms with E-state index in [9.17, 15) is 0 Å². The van der Waals surface area contributed by atoms with Crippen molar-refractivity contribution in [3.05, 3.63) is 82.9 Å². The van der Waals surface area contributed by atoms with Crippen LogP contribution in [0.4, 0.5) is 0 Å². The summed E-state index contributed by atoms with van der Waals surface area (Å²) in [6, 6.07) is 21.7. The van der Waals surface area contributed by atoms with Gasteiger partial charge >= 0.3 is 0 Å². The van der Waals surface area contributed by atoms with Gasteiger partial charge in [0.1, 0.15) is 0 Å². The van der Waals surface area contributed by atoms with E-state index >= 15 is 0 Å². The van der Waals surface area contributed by atoms with Gasteiger partial charge in [0.15, 0.2) is 0 Å². The van der Waals surface area contributed by atoms with Gasteiger partial charge in [0, 0.05) is 0 Å². The zero-order valence-corrected chi connectivity index (χ0v) is 10.9. The molecule has 0 nitrogen and oxygen atoms in total. The molecule has 0 aliphatic heterocycles. The largest absolute Gasteiger partial charge is 0.0622 e. The molecule has 0 amide bonds. The van der Waals surface area contributed by atoms with Crippen molar-refractivity contribution in [2.75, 3.05) is 0 Å². The summed E-state index contributed by atoms with van der Waals surface area (Å²) in [5.74, 6) is 0. The minimum atomic E-state index is 1.30. The van der Waals surface area contributed by atoms with E-state index in [2.05, 4.69) is 73.7 Å². The van der Waals surface area contributed by atoms with Crippen LogP contribution in [0.25, 0.3) is 22.4 Å². The summed E-state index contributed by atoms with van der Waals surface area (Å²) < 4.78 is 0. The van der Waals surface area contributed by atoms with E-state index in [0.29, 0.717) is 0 Å². The van der Waals surface area contributed by atoms with Gasteiger partial charge in [0.2, 0.25) is 0 Å². The van der Waals surface area contributed by atoms with Gasteiger partial charge in [-0.25, -0.2) is 0 Å². The van der Waals surface area contributed by atoms with E-state index in [-0.39, 0.29) is 0 Å². The maximum Gasteiger partial charge on any atom is -0.00297 e. The lowest BCUT2D eigenvalue weighted by atomic mass is 9.96. The fraction of sp³-hybridized carbons (Fsp3) is 0.0526. The third kappa shape index (κ3) is 1.47. The van der Waals surface area contributed by atoms with Crippen molar-refractivity contribution >= 4 is 22.4 Å². The molecule has 0 spiro atoms. The van der Waals surface area contributed by atoms with Crippen LogP contribution in [0.2, 0.25) is 0 Å². The van der Waals surface area contributed by atoms with Gasteiger partial charge < -0.3 is 0 Å². The summed E-state index contributed by atoms with van der Waals surface area (Å²) >= 11 is 0. The van der Waals surface area contributed by atoms with E-state index in [0.717, 1.165) is 0 Å². The first-order valence-electron chi connectivity index (χ1n) is 6.64. The van der Waals surface area contributed by atoms with Gasteiger partial charge in [0.05, 0.1) is 0 Å². The zero-order valence-electron chi connectivity index (χ0n) is 10.9. The maximum absolute atomic E-state index is 2.31. The van der Waals surface area contributed by atoms with Crippen LogP contribution in [0.3, 0.4) is 0 Å². The number of hydrogen-bond donors (Lipinski definition) is 0. The number of hydrogen-bond acceptors (Lipinski definition) is 0. The second-order valence-corrected chi connectivity index (χ2v) is 5.12. The molecule has 0 heteroatoms. The Morgan fingerprint density at radius 2 is 1.58 bits per heavy atom. The molecule has 3 aromatic carbocycles. The topological polar surface area (TPSA) is 0 Å². The van der Waals surface area contributed by atoms with Crippen molar-refractivity contribution < 1.29 is 0 Å². The zero-order chi connectivity index (χ0) is 12.8. The average molecular weight is 242 g/mol. The molecule has 0 bridgehead atoms. The van der Waals surface area contributed by atoms with Crippen LogP contribution >= 0.6 is 0 Å². The van der Waals surface area contributed by atoms with Crippen molar-refractivity contribution in [1.29, 1.82) is 0 Å². The molecule has 0 unspecified atom stereocenters. The molecule has 0 fully saturated rings. The second-order valence-electron chi connectivity index (χ2n) is 5.12. The number of aryl methyl sites for hydroxylation is 1. The Hall–Kier alpha value is -2.34.